The van der Waals surface area contributed by atoms with E-state index in [1.807, 2.05) is 0 Å². The second kappa shape index (κ2) is 5.90. The van der Waals surface area contributed by atoms with Gasteiger partial charge in [-0.1, -0.05) is 0 Å². The predicted molar refractivity (Wildman–Crippen MR) is 72.7 cm³/mol. The molecule has 0 saturated heterocycles. The van der Waals surface area contributed by atoms with Crippen molar-refractivity contribution in [2.45, 2.75) is 19.0 Å². The van der Waals surface area contributed by atoms with E-state index in [-0.39, 0.29) is 17.2 Å². The molecule has 2 aromatic heterocycles. The summed E-state index contributed by atoms with van der Waals surface area (Å²) in [5.74, 6) is -0.805. The lowest BCUT2D eigenvalue weighted by Crippen LogP contribution is -2.17. The van der Waals surface area contributed by atoms with Gasteiger partial charge in [0.15, 0.2) is 11.5 Å². The van der Waals surface area contributed by atoms with Crippen LogP contribution in [0.2, 0.25) is 0 Å². The highest BCUT2D eigenvalue weighted by Crippen LogP contribution is 2.26. The maximum atomic E-state index is 12.5. The van der Waals surface area contributed by atoms with Gasteiger partial charge in [0.05, 0.1) is 5.69 Å². The first-order valence-corrected chi connectivity index (χ1v) is 6.75. The van der Waals surface area contributed by atoms with Crippen molar-refractivity contribution >= 4 is 5.65 Å². The molecule has 0 atom stereocenters. The zero-order chi connectivity index (χ0) is 18.2. The largest absolute Gasteiger partial charge is 0.573 e. The van der Waals surface area contributed by atoms with Gasteiger partial charge in [0.1, 0.15) is 12.2 Å². The Morgan fingerprint density at radius 1 is 0.880 bits per heavy atom. The average molecular weight is 362 g/mol. The number of hydrogen-bond acceptors (Lipinski definition) is 4. The number of nitrogens with zero attached hydrogens (tertiary/aromatic N) is 4. The number of rotatable bonds is 3. The standard InChI is InChI=1S/C14H8F6N4O/c15-13(16,17)7-12-22-21-11-6-5-10(23-24(11)12)8-1-3-9(4-2-8)25-14(18,19)20/h1-6H,7H2. The van der Waals surface area contributed by atoms with E-state index in [0.717, 1.165) is 16.6 Å². The van der Waals surface area contributed by atoms with Crippen LogP contribution in [-0.4, -0.2) is 32.4 Å². The van der Waals surface area contributed by atoms with E-state index in [0.29, 0.717) is 5.56 Å². The van der Waals surface area contributed by atoms with Crippen LogP contribution < -0.4 is 4.74 Å². The molecular formula is C14H8F6N4O. The minimum Gasteiger partial charge on any atom is -0.406 e. The van der Waals surface area contributed by atoms with E-state index in [1.165, 1.54) is 24.3 Å². The molecule has 0 aliphatic heterocycles. The molecule has 0 spiro atoms. The van der Waals surface area contributed by atoms with Crippen LogP contribution in [0.1, 0.15) is 5.82 Å². The van der Waals surface area contributed by atoms with Gasteiger partial charge in [-0.3, -0.25) is 0 Å². The van der Waals surface area contributed by atoms with E-state index in [1.54, 1.807) is 0 Å². The summed E-state index contributed by atoms with van der Waals surface area (Å²) in [6.45, 7) is 0. The monoisotopic (exact) mass is 362 g/mol. The second-order valence-electron chi connectivity index (χ2n) is 4.97. The van der Waals surface area contributed by atoms with Crippen molar-refractivity contribution in [1.29, 1.82) is 0 Å². The molecule has 0 N–H and O–H groups in total. The van der Waals surface area contributed by atoms with Crippen molar-refractivity contribution in [3.05, 3.63) is 42.2 Å². The van der Waals surface area contributed by atoms with Gasteiger partial charge in [-0.2, -0.15) is 22.8 Å². The smallest absolute Gasteiger partial charge is 0.406 e. The molecule has 2 heterocycles. The van der Waals surface area contributed by atoms with Crippen LogP contribution in [0, 0.1) is 0 Å². The molecule has 0 aliphatic rings. The summed E-state index contributed by atoms with van der Waals surface area (Å²) in [4.78, 5) is 0. The minimum atomic E-state index is -4.81. The molecule has 0 fully saturated rings. The Balaban J connectivity index is 1.92. The minimum absolute atomic E-state index is 0.125. The van der Waals surface area contributed by atoms with Crippen LogP contribution in [-0.2, 0) is 6.42 Å². The van der Waals surface area contributed by atoms with E-state index < -0.39 is 24.7 Å². The number of fused-ring (bicyclic) bond motifs is 1. The van der Waals surface area contributed by atoms with E-state index in [9.17, 15) is 26.3 Å². The lowest BCUT2D eigenvalue weighted by Gasteiger charge is -2.09. The first kappa shape index (κ1) is 17.0. The molecule has 0 bridgehead atoms. The molecule has 11 heteroatoms. The molecule has 3 aromatic rings. The highest BCUT2D eigenvalue weighted by Gasteiger charge is 2.31. The molecule has 0 radical (unpaired) electrons. The van der Waals surface area contributed by atoms with Gasteiger partial charge in [-0.05, 0) is 36.4 Å². The lowest BCUT2D eigenvalue weighted by atomic mass is 10.1. The maximum absolute atomic E-state index is 12.5. The molecule has 0 unspecified atom stereocenters. The Labute approximate surface area is 135 Å². The maximum Gasteiger partial charge on any atom is 0.573 e. The first-order valence-electron chi connectivity index (χ1n) is 6.75. The molecule has 0 saturated carbocycles. The zero-order valence-corrected chi connectivity index (χ0v) is 12.1. The van der Waals surface area contributed by atoms with Crippen LogP contribution >= 0.6 is 0 Å². The number of halogens is 6. The van der Waals surface area contributed by atoms with Crippen molar-refractivity contribution in [3.8, 4) is 17.0 Å². The van der Waals surface area contributed by atoms with Crippen LogP contribution in [0.3, 0.4) is 0 Å². The summed E-state index contributed by atoms with van der Waals surface area (Å²) in [5.41, 5.74) is 0.761. The Kier molecular flexibility index (Phi) is 4.01. The predicted octanol–water partition coefficient (Wildman–Crippen LogP) is 3.79. The third kappa shape index (κ3) is 4.17. The molecule has 25 heavy (non-hydrogen) atoms. The molecule has 5 nitrogen and oxygen atoms in total. The van der Waals surface area contributed by atoms with Gasteiger partial charge in [0, 0.05) is 5.56 Å². The summed E-state index contributed by atoms with van der Waals surface area (Å²) in [7, 11) is 0. The summed E-state index contributed by atoms with van der Waals surface area (Å²) in [5, 5.41) is 11.1. The van der Waals surface area contributed by atoms with Gasteiger partial charge in [0.25, 0.3) is 0 Å². The number of ether oxygens (including phenoxy) is 1. The number of hydrogen-bond donors (Lipinski definition) is 0. The van der Waals surface area contributed by atoms with Crippen molar-refractivity contribution in [3.63, 3.8) is 0 Å². The van der Waals surface area contributed by atoms with Crippen LogP contribution in [0.4, 0.5) is 26.3 Å². The Morgan fingerprint density at radius 2 is 1.56 bits per heavy atom. The number of benzene rings is 1. The third-order valence-electron chi connectivity index (χ3n) is 3.07. The normalized spacial score (nSPS) is 12.6. The quantitative estimate of drug-likeness (QED) is 0.665. The molecule has 132 valence electrons. The molecule has 1 aromatic carbocycles. The van der Waals surface area contributed by atoms with Gasteiger partial charge in [-0.25, -0.2) is 0 Å². The summed E-state index contributed by atoms with van der Waals surface area (Å²) in [6, 6.07) is 7.66. The highest BCUT2D eigenvalue weighted by molar-refractivity contribution is 5.61. The van der Waals surface area contributed by atoms with Gasteiger partial charge in [-0.15, -0.1) is 23.4 Å². The summed E-state index contributed by atoms with van der Waals surface area (Å²) < 4.78 is 78.7. The average Bonchev–Trinajstić information content (AvgIpc) is 2.87. The van der Waals surface area contributed by atoms with E-state index in [4.69, 9.17) is 0 Å². The number of aromatic nitrogens is 4. The van der Waals surface area contributed by atoms with Gasteiger partial charge >= 0.3 is 12.5 Å². The SMILES string of the molecule is FC(F)(F)Cc1nnc2ccc(-c3ccc(OC(F)(F)F)cc3)nn12. The second-order valence-corrected chi connectivity index (χ2v) is 4.97. The zero-order valence-electron chi connectivity index (χ0n) is 12.1. The van der Waals surface area contributed by atoms with Crippen molar-refractivity contribution in [2.24, 2.45) is 0 Å². The third-order valence-corrected chi connectivity index (χ3v) is 3.07. The Hall–Kier alpha value is -2.85. The van der Waals surface area contributed by atoms with Gasteiger partial charge < -0.3 is 4.74 Å². The lowest BCUT2D eigenvalue weighted by molar-refractivity contribution is -0.274. The molecule has 3 rings (SSSR count). The Morgan fingerprint density at radius 3 is 2.16 bits per heavy atom. The molecule has 0 aliphatic carbocycles. The Bertz CT molecular complexity index is 885. The van der Waals surface area contributed by atoms with Crippen molar-refractivity contribution < 1.29 is 31.1 Å². The molecule has 0 amide bonds. The van der Waals surface area contributed by atoms with Gasteiger partial charge in [0.2, 0.25) is 0 Å². The molecular weight excluding hydrogens is 354 g/mol. The summed E-state index contributed by atoms with van der Waals surface area (Å²) in [6.07, 6.45) is -10.6. The van der Waals surface area contributed by atoms with Crippen LogP contribution in [0.15, 0.2) is 36.4 Å². The number of alkyl halides is 6. The van der Waals surface area contributed by atoms with E-state index >= 15 is 0 Å². The first-order chi connectivity index (χ1) is 11.6. The van der Waals surface area contributed by atoms with Crippen molar-refractivity contribution in [1.82, 2.24) is 19.8 Å². The van der Waals surface area contributed by atoms with Crippen molar-refractivity contribution in [2.75, 3.05) is 0 Å². The summed E-state index contributed by atoms with van der Waals surface area (Å²) >= 11 is 0. The van der Waals surface area contributed by atoms with Crippen LogP contribution in [0.5, 0.6) is 5.75 Å². The fourth-order valence-electron chi connectivity index (χ4n) is 2.10. The highest BCUT2D eigenvalue weighted by atomic mass is 19.4. The fourth-order valence-corrected chi connectivity index (χ4v) is 2.10. The topological polar surface area (TPSA) is 52.3 Å². The fraction of sp³-hybridized carbons (Fsp3) is 0.214. The van der Waals surface area contributed by atoms with E-state index in [2.05, 4.69) is 20.0 Å². The van der Waals surface area contributed by atoms with Crippen LogP contribution in [0.25, 0.3) is 16.9 Å².